The summed E-state index contributed by atoms with van der Waals surface area (Å²) in [5, 5.41) is 11.8. The molecule has 1 N–H and O–H groups in total. The standard InChI is InChI=1S/C16H15N3O/c17-16-15(14-9-5-2-6-10-14)19(18-20-16)12-11-13-7-3-1-4-8-13/h1-10,17H,11-12H2. The van der Waals surface area contributed by atoms with Crippen molar-refractivity contribution in [1.29, 1.82) is 5.41 Å². The second-order valence-corrected chi connectivity index (χ2v) is 4.58. The summed E-state index contributed by atoms with van der Waals surface area (Å²) < 4.78 is 6.77. The first-order valence-corrected chi connectivity index (χ1v) is 6.55. The average Bonchev–Trinajstić information content (AvgIpc) is 2.88. The highest BCUT2D eigenvalue weighted by Gasteiger charge is 2.14. The fourth-order valence-electron chi connectivity index (χ4n) is 2.20. The first-order chi connectivity index (χ1) is 9.84. The maximum absolute atomic E-state index is 7.86. The van der Waals surface area contributed by atoms with E-state index >= 15 is 0 Å². The number of hydrogen-bond donors (Lipinski definition) is 1. The summed E-state index contributed by atoms with van der Waals surface area (Å²) in [6.45, 7) is 0.691. The highest BCUT2D eigenvalue weighted by atomic mass is 16.5. The molecule has 1 aromatic heterocycles. The molecule has 3 aromatic rings. The molecule has 0 spiro atoms. The first-order valence-electron chi connectivity index (χ1n) is 6.55. The number of nitrogens with one attached hydrogen (secondary N) is 1. The molecule has 0 aliphatic rings. The summed E-state index contributed by atoms with van der Waals surface area (Å²) in [7, 11) is 0. The van der Waals surface area contributed by atoms with Crippen LogP contribution in [0.15, 0.2) is 65.2 Å². The molecule has 0 fully saturated rings. The van der Waals surface area contributed by atoms with Gasteiger partial charge in [-0.25, -0.2) is 4.68 Å². The highest BCUT2D eigenvalue weighted by molar-refractivity contribution is 5.53. The van der Waals surface area contributed by atoms with E-state index in [0.29, 0.717) is 6.54 Å². The summed E-state index contributed by atoms with van der Waals surface area (Å²) in [6.07, 6.45) is 0.858. The monoisotopic (exact) mass is 265 g/mol. The van der Waals surface area contributed by atoms with Crippen LogP contribution < -0.4 is 15.5 Å². The predicted octanol–water partition coefficient (Wildman–Crippen LogP) is 1.91. The average molecular weight is 265 g/mol. The van der Waals surface area contributed by atoms with E-state index in [2.05, 4.69) is 17.4 Å². The van der Waals surface area contributed by atoms with E-state index in [-0.39, 0.29) is 5.55 Å². The van der Waals surface area contributed by atoms with Crippen LogP contribution in [-0.4, -0.2) is 0 Å². The molecule has 20 heavy (non-hydrogen) atoms. The molecule has 0 saturated heterocycles. The third-order valence-electron chi connectivity index (χ3n) is 3.21. The van der Waals surface area contributed by atoms with E-state index < -0.39 is 0 Å². The lowest BCUT2D eigenvalue weighted by molar-refractivity contribution is -0.757. The topological polar surface area (TPSA) is 55.0 Å². The van der Waals surface area contributed by atoms with Crippen LogP contribution in [0, 0.1) is 5.41 Å². The van der Waals surface area contributed by atoms with Crippen LogP contribution in [0.3, 0.4) is 0 Å². The van der Waals surface area contributed by atoms with E-state index in [1.54, 1.807) is 4.68 Å². The van der Waals surface area contributed by atoms with Crippen LogP contribution in [0.1, 0.15) is 5.56 Å². The Morgan fingerprint density at radius 1 is 0.950 bits per heavy atom. The zero-order valence-electron chi connectivity index (χ0n) is 11.0. The number of rotatable bonds is 4. The summed E-state index contributed by atoms with van der Waals surface area (Å²) >= 11 is 0. The summed E-state index contributed by atoms with van der Waals surface area (Å²) in [6, 6.07) is 20.0. The number of nitrogens with zero attached hydrogens (tertiary/aromatic N) is 2. The van der Waals surface area contributed by atoms with Crippen LogP contribution in [0.25, 0.3) is 11.3 Å². The van der Waals surface area contributed by atoms with Gasteiger partial charge in [-0.1, -0.05) is 48.5 Å². The van der Waals surface area contributed by atoms with Gasteiger partial charge in [-0.05, 0) is 17.7 Å². The minimum absolute atomic E-state index is 0.101. The number of benzene rings is 2. The largest absolute Gasteiger partial charge is 0.486 e. The molecule has 4 nitrogen and oxygen atoms in total. The molecule has 0 saturated carbocycles. The lowest BCUT2D eigenvalue weighted by Crippen LogP contribution is -2.41. The molecule has 1 heterocycles. The van der Waals surface area contributed by atoms with Crippen LogP contribution in [0.5, 0.6) is 0 Å². The number of hydrogen-bond acceptors (Lipinski definition) is 2. The molecule has 0 bridgehead atoms. The Labute approximate surface area is 116 Å². The van der Waals surface area contributed by atoms with E-state index in [0.717, 1.165) is 17.7 Å². The first kappa shape index (κ1) is 12.4. The van der Waals surface area contributed by atoms with Gasteiger partial charge in [0, 0.05) is 6.42 Å². The van der Waals surface area contributed by atoms with Crippen molar-refractivity contribution < 1.29 is 9.20 Å². The van der Waals surface area contributed by atoms with Crippen molar-refractivity contribution in [3.05, 3.63) is 71.8 Å². The summed E-state index contributed by atoms with van der Waals surface area (Å²) in [4.78, 5) is 0. The zero-order chi connectivity index (χ0) is 13.8. The van der Waals surface area contributed by atoms with Gasteiger partial charge in [0.1, 0.15) is 6.54 Å². The Balaban J connectivity index is 1.87. The molecule has 0 amide bonds. The van der Waals surface area contributed by atoms with Gasteiger partial charge in [0.25, 0.3) is 11.2 Å². The molecule has 0 unspecified atom stereocenters. The zero-order valence-corrected chi connectivity index (χ0v) is 11.0. The van der Waals surface area contributed by atoms with Crippen LogP contribution >= 0.6 is 0 Å². The number of aromatic nitrogens is 2. The van der Waals surface area contributed by atoms with E-state index in [9.17, 15) is 0 Å². The van der Waals surface area contributed by atoms with E-state index in [1.165, 1.54) is 5.56 Å². The summed E-state index contributed by atoms with van der Waals surface area (Å²) in [5.41, 5.74) is 3.02. The van der Waals surface area contributed by atoms with Gasteiger partial charge >= 0.3 is 0 Å². The lowest BCUT2D eigenvalue weighted by atomic mass is 10.1. The molecule has 2 aromatic carbocycles. The van der Waals surface area contributed by atoms with Gasteiger partial charge in [0.2, 0.25) is 0 Å². The van der Waals surface area contributed by atoms with Crippen molar-refractivity contribution in [2.45, 2.75) is 13.0 Å². The second-order valence-electron chi connectivity index (χ2n) is 4.58. The third kappa shape index (κ3) is 2.54. The van der Waals surface area contributed by atoms with Gasteiger partial charge in [-0.3, -0.25) is 10.7 Å². The van der Waals surface area contributed by atoms with Gasteiger partial charge in [-0.2, -0.15) is 0 Å². The number of aryl methyl sites for hydroxylation is 2. The van der Waals surface area contributed by atoms with Crippen molar-refractivity contribution in [2.24, 2.45) is 0 Å². The molecule has 3 rings (SSSR count). The van der Waals surface area contributed by atoms with Crippen molar-refractivity contribution in [2.75, 3.05) is 0 Å². The minimum atomic E-state index is 0.101. The smallest absolute Gasteiger partial charge is 0.273 e. The Morgan fingerprint density at radius 3 is 2.30 bits per heavy atom. The fourth-order valence-corrected chi connectivity index (χ4v) is 2.20. The van der Waals surface area contributed by atoms with E-state index in [1.807, 2.05) is 48.5 Å². The Kier molecular flexibility index (Phi) is 3.46. The third-order valence-corrected chi connectivity index (χ3v) is 3.21. The summed E-state index contributed by atoms with van der Waals surface area (Å²) in [5.74, 6) is 0. The van der Waals surface area contributed by atoms with Crippen LogP contribution in [0.4, 0.5) is 0 Å². The minimum Gasteiger partial charge on any atom is -0.486 e. The Morgan fingerprint density at radius 2 is 1.60 bits per heavy atom. The van der Waals surface area contributed by atoms with E-state index in [4.69, 9.17) is 9.93 Å². The lowest BCUT2D eigenvalue weighted by Gasteiger charge is -2.02. The van der Waals surface area contributed by atoms with Gasteiger partial charge in [0.15, 0.2) is 0 Å². The fraction of sp³-hybridized carbons (Fsp3) is 0.125. The molecule has 0 aliphatic carbocycles. The maximum atomic E-state index is 7.86. The van der Waals surface area contributed by atoms with Gasteiger partial charge in [-0.15, -0.1) is 0 Å². The SMILES string of the molecule is N=c1o[n-][n+](CCc2ccccc2)c1-c1ccccc1. The molecular weight excluding hydrogens is 250 g/mol. The van der Waals surface area contributed by atoms with Gasteiger partial charge < -0.3 is 4.52 Å². The highest BCUT2D eigenvalue weighted by Crippen LogP contribution is 2.10. The molecule has 0 aliphatic heterocycles. The normalized spacial score (nSPS) is 10.6. The van der Waals surface area contributed by atoms with Crippen molar-refractivity contribution >= 4 is 0 Å². The molecule has 100 valence electrons. The molecular formula is C16H15N3O. The van der Waals surface area contributed by atoms with Crippen LogP contribution in [-0.2, 0) is 13.0 Å². The second kappa shape index (κ2) is 5.57. The van der Waals surface area contributed by atoms with Crippen molar-refractivity contribution in [3.8, 4) is 11.3 Å². The van der Waals surface area contributed by atoms with Crippen LogP contribution in [0.2, 0.25) is 0 Å². The van der Waals surface area contributed by atoms with Crippen molar-refractivity contribution in [3.63, 3.8) is 0 Å². The Bertz CT molecular complexity index is 729. The maximum Gasteiger partial charge on any atom is 0.273 e. The predicted molar refractivity (Wildman–Crippen MR) is 73.7 cm³/mol. The quantitative estimate of drug-likeness (QED) is 0.733. The van der Waals surface area contributed by atoms with Crippen molar-refractivity contribution in [1.82, 2.24) is 5.27 Å². The molecule has 0 radical (unpaired) electrons. The Hall–Kier alpha value is -2.62. The van der Waals surface area contributed by atoms with Gasteiger partial charge in [0.05, 0.1) is 5.56 Å². The molecule has 4 heteroatoms. The molecule has 0 atom stereocenters.